The van der Waals surface area contributed by atoms with Gasteiger partial charge in [0.1, 0.15) is 0 Å². The molecule has 0 aliphatic heterocycles. The molecule has 2 aromatic carbocycles. The predicted octanol–water partition coefficient (Wildman–Crippen LogP) is 3.82. The number of benzene rings is 2. The number of rotatable bonds is 5. The maximum atomic E-state index is 12.4. The minimum atomic E-state index is 0.0180. The fourth-order valence-electron chi connectivity index (χ4n) is 2.60. The van der Waals surface area contributed by atoms with Crippen molar-refractivity contribution in [3.8, 4) is 0 Å². The molecule has 3 rings (SSSR count). The second-order valence-corrected chi connectivity index (χ2v) is 5.63. The summed E-state index contributed by atoms with van der Waals surface area (Å²) in [4.78, 5) is 12.4. The Morgan fingerprint density at radius 3 is 2.09 bits per heavy atom. The number of hydrogen-bond acceptors (Lipinski definition) is 2. The van der Waals surface area contributed by atoms with E-state index in [-0.39, 0.29) is 5.56 Å². The topological polar surface area (TPSA) is 34.0 Å². The molecule has 0 unspecified atom stereocenters. The molecule has 0 saturated heterocycles. The number of nitrogens with zero attached hydrogens (tertiary/aromatic N) is 1. The Labute approximate surface area is 136 Å². The van der Waals surface area contributed by atoms with E-state index in [4.69, 9.17) is 0 Å². The lowest BCUT2D eigenvalue weighted by Gasteiger charge is -2.13. The van der Waals surface area contributed by atoms with Gasteiger partial charge in [-0.1, -0.05) is 60.7 Å². The molecular formula is C20H20N2O. The van der Waals surface area contributed by atoms with E-state index in [1.165, 1.54) is 5.56 Å². The average Bonchev–Trinajstić information content (AvgIpc) is 2.58. The van der Waals surface area contributed by atoms with Crippen molar-refractivity contribution in [2.45, 2.75) is 20.0 Å². The molecule has 1 aromatic heterocycles. The van der Waals surface area contributed by atoms with Crippen molar-refractivity contribution in [3.63, 3.8) is 0 Å². The van der Waals surface area contributed by atoms with Crippen molar-refractivity contribution in [3.05, 3.63) is 100.0 Å². The number of aryl methyl sites for hydroxylation is 1. The predicted molar refractivity (Wildman–Crippen MR) is 94.8 cm³/mol. The molecule has 3 nitrogen and oxygen atoms in total. The van der Waals surface area contributed by atoms with Gasteiger partial charge in [-0.15, -0.1) is 0 Å². The largest absolute Gasteiger partial charge is 0.381 e. The van der Waals surface area contributed by atoms with Gasteiger partial charge in [0, 0.05) is 24.0 Å². The first-order valence-corrected chi connectivity index (χ1v) is 7.75. The second kappa shape index (κ2) is 6.97. The normalized spacial score (nSPS) is 10.5. The first-order valence-electron chi connectivity index (χ1n) is 7.75. The highest BCUT2D eigenvalue weighted by Crippen LogP contribution is 2.11. The van der Waals surface area contributed by atoms with Crippen LogP contribution in [0.15, 0.2) is 77.6 Å². The third-order valence-corrected chi connectivity index (χ3v) is 3.86. The first-order chi connectivity index (χ1) is 11.2. The van der Waals surface area contributed by atoms with Crippen LogP contribution in [0, 0.1) is 6.92 Å². The van der Waals surface area contributed by atoms with E-state index in [9.17, 15) is 4.79 Å². The van der Waals surface area contributed by atoms with Crippen LogP contribution in [0.4, 0.5) is 5.69 Å². The van der Waals surface area contributed by atoms with Crippen molar-refractivity contribution < 1.29 is 0 Å². The van der Waals surface area contributed by atoms with Crippen molar-refractivity contribution in [2.75, 3.05) is 5.32 Å². The summed E-state index contributed by atoms with van der Waals surface area (Å²) in [5.74, 6) is 0. The lowest BCUT2D eigenvalue weighted by atomic mass is 10.2. The van der Waals surface area contributed by atoms with E-state index < -0.39 is 0 Å². The summed E-state index contributed by atoms with van der Waals surface area (Å²) in [5, 5.41) is 3.32. The molecule has 0 atom stereocenters. The van der Waals surface area contributed by atoms with Gasteiger partial charge in [-0.25, -0.2) is 0 Å². The standard InChI is InChI=1S/C20H20N2O/c1-16-12-19(21-14-17-8-4-2-5-9-17)13-20(23)22(16)15-18-10-6-3-7-11-18/h2-13,21H,14-15H2,1H3. The molecule has 1 N–H and O–H groups in total. The van der Waals surface area contributed by atoms with E-state index in [0.29, 0.717) is 13.1 Å². The molecule has 0 spiro atoms. The van der Waals surface area contributed by atoms with Crippen LogP contribution >= 0.6 is 0 Å². The highest BCUT2D eigenvalue weighted by Gasteiger charge is 2.04. The van der Waals surface area contributed by atoms with Crippen LogP contribution in [0.25, 0.3) is 0 Å². The third kappa shape index (κ3) is 3.89. The monoisotopic (exact) mass is 304 g/mol. The molecule has 116 valence electrons. The zero-order valence-corrected chi connectivity index (χ0v) is 13.2. The fourth-order valence-corrected chi connectivity index (χ4v) is 2.60. The van der Waals surface area contributed by atoms with Crippen LogP contribution in [-0.2, 0) is 13.1 Å². The van der Waals surface area contributed by atoms with Gasteiger partial charge < -0.3 is 9.88 Å². The Balaban J connectivity index is 1.76. The summed E-state index contributed by atoms with van der Waals surface area (Å²) in [6.07, 6.45) is 0. The highest BCUT2D eigenvalue weighted by molar-refractivity contribution is 5.44. The number of aromatic nitrogens is 1. The van der Waals surface area contributed by atoms with Crippen molar-refractivity contribution in [1.29, 1.82) is 0 Å². The second-order valence-electron chi connectivity index (χ2n) is 5.63. The van der Waals surface area contributed by atoms with E-state index >= 15 is 0 Å². The molecule has 0 bridgehead atoms. The van der Waals surface area contributed by atoms with Gasteiger partial charge in [-0.05, 0) is 24.1 Å². The molecule has 1 heterocycles. The van der Waals surface area contributed by atoms with Gasteiger partial charge >= 0.3 is 0 Å². The maximum absolute atomic E-state index is 12.4. The van der Waals surface area contributed by atoms with Gasteiger partial charge in [-0.3, -0.25) is 4.79 Å². The Kier molecular flexibility index (Phi) is 4.57. The van der Waals surface area contributed by atoms with Gasteiger partial charge in [0.15, 0.2) is 0 Å². The molecule has 3 aromatic rings. The van der Waals surface area contributed by atoms with Crippen LogP contribution in [0.1, 0.15) is 16.8 Å². The molecule has 0 amide bonds. The molecule has 0 aliphatic carbocycles. The van der Waals surface area contributed by atoms with Crippen molar-refractivity contribution in [2.24, 2.45) is 0 Å². The Hall–Kier alpha value is -2.81. The van der Waals surface area contributed by atoms with Crippen molar-refractivity contribution in [1.82, 2.24) is 4.57 Å². The summed E-state index contributed by atoms with van der Waals surface area (Å²) in [6.45, 7) is 3.28. The minimum absolute atomic E-state index is 0.0180. The van der Waals surface area contributed by atoms with Crippen LogP contribution in [0.2, 0.25) is 0 Å². The minimum Gasteiger partial charge on any atom is -0.381 e. The number of pyridine rings is 1. The Bertz CT molecular complexity index is 823. The Morgan fingerprint density at radius 1 is 0.870 bits per heavy atom. The SMILES string of the molecule is Cc1cc(NCc2ccccc2)cc(=O)n1Cc1ccccc1. The molecular weight excluding hydrogens is 284 g/mol. The first kappa shape index (κ1) is 15.1. The molecule has 0 radical (unpaired) electrons. The summed E-state index contributed by atoms with van der Waals surface area (Å²) < 4.78 is 1.79. The summed E-state index contributed by atoms with van der Waals surface area (Å²) in [6, 6.07) is 23.9. The zero-order chi connectivity index (χ0) is 16.1. The third-order valence-electron chi connectivity index (χ3n) is 3.86. The zero-order valence-electron chi connectivity index (χ0n) is 13.2. The van der Waals surface area contributed by atoms with Crippen LogP contribution in [-0.4, -0.2) is 4.57 Å². The van der Waals surface area contributed by atoms with E-state index in [2.05, 4.69) is 17.4 Å². The molecule has 0 saturated carbocycles. The molecule has 0 aliphatic rings. The van der Waals surface area contributed by atoms with E-state index in [1.54, 1.807) is 10.6 Å². The highest BCUT2D eigenvalue weighted by atomic mass is 16.1. The summed E-state index contributed by atoms with van der Waals surface area (Å²) >= 11 is 0. The van der Waals surface area contributed by atoms with Crippen LogP contribution in [0.5, 0.6) is 0 Å². The quantitative estimate of drug-likeness (QED) is 0.777. The van der Waals surface area contributed by atoms with E-state index in [0.717, 1.165) is 16.9 Å². The Morgan fingerprint density at radius 2 is 1.48 bits per heavy atom. The fraction of sp³-hybridized carbons (Fsp3) is 0.150. The van der Waals surface area contributed by atoms with E-state index in [1.807, 2.05) is 61.5 Å². The lowest BCUT2D eigenvalue weighted by molar-refractivity contribution is 0.730. The van der Waals surface area contributed by atoms with Gasteiger partial charge in [-0.2, -0.15) is 0 Å². The van der Waals surface area contributed by atoms with Crippen LogP contribution < -0.4 is 10.9 Å². The number of hydrogen-bond donors (Lipinski definition) is 1. The summed E-state index contributed by atoms with van der Waals surface area (Å²) in [5.41, 5.74) is 4.16. The van der Waals surface area contributed by atoms with Crippen LogP contribution in [0.3, 0.4) is 0 Å². The number of anilines is 1. The van der Waals surface area contributed by atoms with Gasteiger partial charge in [0.2, 0.25) is 0 Å². The molecule has 23 heavy (non-hydrogen) atoms. The van der Waals surface area contributed by atoms with Gasteiger partial charge in [0.05, 0.1) is 6.54 Å². The maximum Gasteiger partial charge on any atom is 0.253 e. The van der Waals surface area contributed by atoms with Crippen molar-refractivity contribution >= 4 is 5.69 Å². The molecule has 3 heteroatoms. The average molecular weight is 304 g/mol. The molecule has 0 fully saturated rings. The van der Waals surface area contributed by atoms with Gasteiger partial charge in [0.25, 0.3) is 5.56 Å². The summed E-state index contributed by atoms with van der Waals surface area (Å²) in [7, 11) is 0. The lowest BCUT2D eigenvalue weighted by Crippen LogP contribution is -2.22. The smallest absolute Gasteiger partial charge is 0.253 e. The number of nitrogens with one attached hydrogen (secondary N) is 1.